The minimum atomic E-state index is -1.13. The lowest BCUT2D eigenvalue weighted by atomic mass is 10.1. The van der Waals surface area contributed by atoms with E-state index in [1.165, 1.54) is 6.33 Å². The molecule has 1 aliphatic heterocycles. The second-order valence-electron chi connectivity index (χ2n) is 6.77. The van der Waals surface area contributed by atoms with Crippen LogP contribution in [0.15, 0.2) is 6.33 Å². The van der Waals surface area contributed by atoms with Gasteiger partial charge in [-0.15, -0.1) is 6.42 Å². The van der Waals surface area contributed by atoms with Gasteiger partial charge >= 0.3 is 5.97 Å². The zero-order chi connectivity index (χ0) is 19.8. The van der Waals surface area contributed by atoms with Crippen LogP contribution in [-0.4, -0.2) is 44.2 Å². The average molecular weight is 393 g/mol. The summed E-state index contributed by atoms with van der Waals surface area (Å²) in [4.78, 5) is 24.2. The van der Waals surface area contributed by atoms with E-state index in [0.717, 1.165) is 0 Å². The zero-order valence-corrected chi connectivity index (χ0v) is 15.8. The number of nitrogen functional groups attached to an aromatic ring is 1. The monoisotopic (exact) mass is 392 g/mol. The van der Waals surface area contributed by atoms with Crippen molar-refractivity contribution >= 4 is 34.7 Å². The second-order valence-corrected chi connectivity index (χ2v) is 7.12. The van der Waals surface area contributed by atoms with Crippen molar-refractivity contribution < 1.29 is 14.3 Å². The third-order valence-corrected chi connectivity index (χ3v) is 4.82. The van der Waals surface area contributed by atoms with Crippen molar-refractivity contribution in [2.75, 3.05) is 12.3 Å². The Morgan fingerprint density at radius 2 is 2.33 bits per heavy atom. The number of carbonyl (C=O) groups excluding carboxylic acids is 1. The summed E-state index contributed by atoms with van der Waals surface area (Å²) in [6, 6.07) is -0.678. The van der Waals surface area contributed by atoms with Gasteiger partial charge in [-0.3, -0.25) is 9.36 Å². The van der Waals surface area contributed by atoms with Crippen LogP contribution >= 0.6 is 11.6 Å². The standard InChI is InChI=1S/C17H21ClN6O3/c1-4-17(24-8-21-12-13(18)22-16(20)23-14(12)24)6-5-10(27-17)7-26-15(25)11(19)9(2)3/h1,8-11H,5-7,19H2,2-3H3,(H2,20,22,23). The zero-order valence-electron chi connectivity index (χ0n) is 15.1. The smallest absolute Gasteiger partial charge is 0.323 e. The summed E-state index contributed by atoms with van der Waals surface area (Å²) in [5.41, 5.74) is 11.1. The molecule has 0 saturated carbocycles. The van der Waals surface area contributed by atoms with Crippen LogP contribution in [0.3, 0.4) is 0 Å². The molecule has 3 atom stereocenters. The predicted octanol–water partition coefficient (Wildman–Crippen LogP) is 1.05. The highest BCUT2D eigenvalue weighted by Gasteiger charge is 2.42. The van der Waals surface area contributed by atoms with Gasteiger partial charge in [0, 0.05) is 6.42 Å². The molecule has 0 bridgehead atoms. The van der Waals surface area contributed by atoms with E-state index in [1.54, 1.807) is 4.57 Å². The van der Waals surface area contributed by atoms with E-state index in [-0.39, 0.29) is 29.7 Å². The molecular formula is C17H21ClN6O3. The molecule has 144 valence electrons. The fraction of sp³-hybridized carbons (Fsp3) is 0.529. The number of aromatic nitrogens is 4. The van der Waals surface area contributed by atoms with Gasteiger partial charge in [-0.25, -0.2) is 4.98 Å². The van der Waals surface area contributed by atoms with E-state index < -0.39 is 17.7 Å². The fourth-order valence-corrected chi connectivity index (χ4v) is 3.13. The molecule has 2 aromatic rings. The number of nitrogens with two attached hydrogens (primary N) is 2. The number of nitrogens with zero attached hydrogens (tertiary/aromatic N) is 4. The first kappa shape index (κ1) is 19.4. The van der Waals surface area contributed by atoms with Crippen LogP contribution in [0.25, 0.3) is 11.2 Å². The number of fused-ring (bicyclic) bond motifs is 1. The quantitative estimate of drug-likeness (QED) is 0.438. The highest BCUT2D eigenvalue weighted by atomic mass is 35.5. The summed E-state index contributed by atoms with van der Waals surface area (Å²) in [7, 11) is 0. The molecule has 4 N–H and O–H groups in total. The van der Waals surface area contributed by atoms with E-state index in [9.17, 15) is 4.79 Å². The Labute approximate surface area is 161 Å². The van der Waals surface area contributed by atoms with E-state index in [0.29, 0.717) is 24.0 Å². The Hall–Kier alpha value is -2.41. The van der Waals surface area contributed by atoms with Crippen LogP contribution in [-0.2, 0) is 20.0 Å². The molecule has 1 aliphatic rings. The number of anilines is 1. The molecule has 0 spiro atoms. The second kappa shape index (κ2) is 7.31. The number of esters is 1. The van der Waals surface area contributed by atoms with Gasteiger partial charge in [0.1, 0.15) is 24.5 Å². The van der Waals surface area contributed by atoms with Gasteiger partial charge in [0.05, 0.1) is 6.10 Å². The lowest BCUT2D eigenvalue weighted by Crippen LogP contribution is -2.38. The lowest BCUT2D eigenvalue weighted by molar-refractivity contribution is -0.153. The van der Waals surface area contributed by atoms with Crippen molar-refractivity contribution in [2.45, 2.75) is 44.6 Å². The first-order valence-electron chi connectivity index (χ1n) is 8.51. The van der Waals surface area contributed by atoms with Crippen LogP contribution in [0.2, 0.25) is 5.15 Å². The van der Waals surface area contributed by atoms with Crippen LogP contribution in [0.5, 0.6) is 0 Å². The topological polar surface area (TPSA) is 131 Å². The number of terminal acetylenes is 1. The van der Waals surface area contributed by atoms with Crippen molar-refractivity contribution in [1.29, 1.82) is 0 Å². The predicted molar refractivity (Wildman–Crippen MR) is 99.4 cm³/mol. The Morgan fingerprint density at radius 1 is 1.59 bits per heavy atom. The molecule has 3 heterocycles. The minimum Gasteiger partial charge on any atom is -0.462 e. The minimum absolute atomic E-state index is 0.00701. The van der Waals surface area contributed by atoms with Crippen molar-refractivity contribution in [3.8, 4) is 12.3 Å². The van der Waals surface area contributed by atoms with E-state index in [2.05, 4.69) is 20.9 Å². The maximum absolute atomic E-state index is 11.9. The number of carbonyl (C=O) groups is 1. The molecule has 0 amide bonds. The maximum Gasteiger partial charge on any atom is 0.323 e. The Kier molecular flexibility index (Phi) is 5.24. The molecule has 27 heavy (non-hydrogen) atoms. The normalized spacial score (nSPS) is 23.5. The third kappa shape index (κ3) is 3.56. The van der Waals surface area contributed by atoms with Gasteiger partial charge < -0.3 is 20.9 Å². The third-order valence-electron chi connectivity index (χ3n) is 4.55. The summed E-state index contributed by atoms with van der Waals surface area (Å²) in [6.45, 7) is 3.77. The fourth-order valence-electron chi connectivity index (χ4n) is 2.91. The van der Waals surface area contributed by atoms with Crippen molar-refractivity contribution in [2.24, 2.45) is 11.7 Å². The Balaban J connectivity index is 1.79. The number of hydrogen-bond acceptors (Lipinski definition) is 8. The van der Waals surface area contributed by atoms with Crippen LogP contribution in [0.1, 0.15) is 26.7 Å². The first-order chi connectivity index (χ1) is 12.8. The van der Waals surface area contributed by atoms with E-state index in [4.69, 9.17) is 39.0 Å². The van der Waals surface area contributed by atoms with Crippen LogP contribution in [0.4, 0.5) is 5.95 Å². The van der Waals surface area contributed by atoms with Gasteiger partial charge in [0.2, 0.25) is 11.7 Å². The number of rotatable bonds is 5. The molecule has 2 aromatic heterocycles. The van der Waals surface area contributed by atoms with Gasteiger partial charge in [0.25, 0.3) is 0 Å². The molecule has 3 unspecified atom stereocenters. The summed E-state index contributed by atoms with van der Waals surface area (Å²) in [5, 5.41) is 0.134. The highest BCUT2D eigenvalue weighted by molar-refractivity contribution is 6.33. The highest BCUT2D eigenvalue weighted by Crippen LogP contribution is 2.37. The molecule has 0 radical (unpaired) electrons. The first-order valence-corrected chi connectivity index (χ1v) is 8.89. The van der Waals surface area contributed by atoms with Crippen LogP contribution < -0.4 is 11.5 Å². The van der Waals surface area contributed by atoms with Crippen molar-refractivity contribution in [1.82, 2.24) is 19.5 Å². The van der Waals surface area contributed by atoms with Crippen molar-refractivity contribution in [3.63, 3.8) is 0 Å². The summed E-state index contributed by atoms with van der Waals surface area (Å²) in [5.74, 6) is 2.19. The number of imidazole rings is 1. The largest absolute Gasteiger partial charge is 0.462 e. The summed E-state index contributed by atoms with van der Waals surface area (Å²) in [6.07, 6.45) is 7.96. The van der Waals surface area contributed by atoms with Gasteiger partial charge in [-0.1, -0.05) is 25.4 Å². The summed E-state index contributed by atoms with van der Waals surface area (Å²) >= 11 is 6.07. The molecule has 3 rings (SSSR count). The van der Waals surface area contributed by atoms with Crippen molar-refractivity contribution in [3.05, 3.63) is 11.5 Å². The van der Waals surface area contributed by atoms with E-state index >= 15 is 0 Å². The summed E-state index contributed by atoms with van der Waals surface area (Å²) < 4.78 is 12.9. The average Bonchev–Trinajstić information content (AvgIpc) is 3.23. The molecule has 0 aromatic carbocycles. The van der Waals surface area contributed by atoms with Gasteiger partial charge in [-0.05, 0) is 18.3 Å². The number of hydrogen-bond donors (Lipinski definition) is 2. The molecule has 1 saturated heterocycles. The molecule has 9 nitrogen and oxygen atoms in total. The Morgan fingerprint density at radius 3 is 3.00 bits per heavy atom. The van der Waals surface area contributed by atoms with Crippen LogP contribution in [0, 0.1) is 18.3 Å². The SMILES string of the molecule is C#CC1(n2cnc3c(Cl)nc(N)nc32)CCC(COC(=O)C(N)C(C)C)O1. The Bertz CT molecular complexity index is 908. The van der Waals surface area contributed by atoms with Gasteiger partial charge in [-0.2, -0.15) is 9.97 Å². The lowest BCUT2D eigenvalue weighted by Gasteiger charge is -2.25. The molecule has 0 aliphatic carbocycles. The number of ether oxygens (including phenoxy) is 2. The van der Waals surface area contributed by atoms with E-state index in [1.807, 2.05) is 13.8 Å². The molecular weight excluding hydrogens is 372 g/mol. The maximum atomic E-state index is 11.9. The number of halogens is 1. The molecule has 10 heteroatoms. The molecule has 1 fully saturated rings. The van der Waals surface area contributed by atoms with Gasteiger partial charge in [0.15, 0.2) is 10.8 Å².